The van der Waals surface area contributed by atoms with Gasteiger partial charge in [-0.2, -0.15) is 0 Å². The number of anilines is 1. The summed E-state index contributed by atoms with van der Waals surface area (Å²) in [4.78, 5) is 5.17. The number of furan rings is 1. The van der Waals surface area contributed by atoms with Crippen LogP contribution in [-0.4, -0.2) is 23.1 Å². The molecule has 5 aromatic rings. The first-order chi connectivity index (χ1) is 28.7. The van der Waals surface area contributed by atoms with E-state index >= 15 is 0 Å². The number of rotatable bonds is 6. The standard InChI is InChI=1S/C54H42N2O2/c1-2-9-42-47-33-41(26-29-49(47)56-48-13-6-3-10-38(48)30-50(42)56)55(39-22-16-34(17-23-39)36-20-27-45-43-11-4-7-14-51(43)57-53(45)31-36)40-24-18-35(19-25-40)37-21-28-46-44-12-5-8-15-52(44)58-54(46)32-37/h2-12,14-18,20-24,26-28,30-31,33,48-49,54H,1,13,19,25,29,32H2/b42-9-. The first kappa shape index (κ1) is 33.4. The monoisotopic (exact) mass is 750 g/mol. The zero-order chi connectivity index (χ0) is 38.3. The van der Waals surface area contributed by atoms with Crippen molar-refractivity contribution in [1.82, 2.24) is 4.90 Å². The van der Waals surface area contributed by atoms with Gasteiger partial charge in [0.15, 0.2) is 0 Å². The molecule has 3 aliphatic heterocycles. The van der Waals surface area contributed by atoms with E-state index in [-0.39, 0.29) is 6.10 Å². The van der Waals surface area contributed by atoms with Gasteiger partial charge in [-0.3, -0.25) is 0 Å². The van der Waals surface area contributed by atoms with Crippen molar-refractivity contribution in [2.24, 2.45) is 0 Å². The van der Waals surface area contributed by atoms with Crippen molar-refractivity contribution in [2.75, 3.05) is 4.90 Å². The van der Waals surface area contributed by atoms with E-state index in [0.717, 1.165) is 71.0 Å². The molecule has 4 nitrogen and oxygen atoms in total. The van der Waals surface area contributed by atoms with Crippen LogP contribution in [-0.2, 0) is 0 Å². The van der Waals surface area contributed by atoms with Crippen molar-refractivity contribution in [3.05, 3.63) is 221 Å². The molecule has 1 saturated heterocycles. The smallest absolute Gasteiger partial charge is 0.136 e. The normalized spacial score (nSPS) is 23.3. The van der Waals surface area contributed by atoms with Crippen LogP contribution < -0.4 is 9.64 Å². The van der Waals surface area contributed by atoms with Crippen molar-refractivity contribution >= 4 is 33.2 Å². The van der Waals surface area contributed by atoms with Crippen molar-refractivity contribution in [3.8, 4) is 16.9 Å². The fourth-order valence-corrected chi connectivity index (χ4v) is 10.4. The molecular weight excluding hydrogens is 709 g/mol. The molecule has 0 spiro atoms. The Bertz CT molecular complexity index is 2930. The predicted molar refractivity (Wildman–Crippen MR) is 237 cm³/mol. The van der Waals surface area contributed by atoms with Gasteiger partial charge < -0.3 is 19.0 Å². The summed E-state index contributed by atoms with van der Waals surface area (Å²) >= 11 is 0. The minimum atomic E-state index is 0.0870. The van der Waals surface area contributed by atoms with Gasteiger partial charge in [0.2, 0.25) is 0 Å². The largest absolute Gasteiger partial charge is 0.485 e. The van der Waals surface area contributed by atoms with Gasteiger partial charge in [-0.05, 0) is 114 Å². The van der Waals surface area contributed by atoms with Crippen LogP contribution in [0.5, 0.6) is 5.75 Å². The van der Waals surface area contributed by atoms with Crippen LogP contribution in [0.4, 0.5) is 5.69 Å². The minimum Gasteiger partial charge on any atom is -0.485 e. The number of hydrogen-bond donors (Lipinski definition) is 0. The number of fused-ring (bicyclic) bond motifs is 11. The fourth-order valence-electron chi connectivity index (χ4n) is 10.4. The highest BCUT2D eigenvalue weighted by Crippen LogP contribution is 2.51. The molecule has 4 aromatic carbocycles. The molecule has 0 radical (unpaired) electrons. The molecule has 3 atom stereocenters. The Labute approximate surface area is 339 Å². The van der Waals surface area contributed by atoms with E-state index < -0.39 is 0 Å². The topological polar surface area (TPSA) is 28.9 Å². The van der Waals surface area contributed by atoms with Crippen molar-refractivity contribution in [3.63, 3.8) is 0 Å². The van der Waals surface area contributed by atoms with E-state index in [9.17, 15) is 0 Å². The lowest BCUT2D eigenvalue weighted by atomic mass is 9.85. The van der Waals surface area contributed by atoms with E-state index in [0.29, 0.717) is 12.1 Å². The summed E-state index contributed by atoms with van der Waals surface area (Å²) in [6.07, 6.45) is 32.5. The molecule has 0 saturated carbocycles. The average molecular weight is 751 g/mol. The molecule has 7 aliphatic rings. The van der Waals surface area contributed by atoms with Crippen molar-refractivity contribution in [1.29, 1.82) is 0 Å². The molecule has 3 unspecified atom stereocenters. The Morgan fingerprint density at radius 2 is 1.57 bits per heavy atom. The third-order valence-electron chi connectivity index (χ3n) is 13.1. The Kier molecular flexibility index (Phi) is 7.56. The first-order valence-corrected chi connectivity index (χ1v) is 20.7. The Morgan fingerprint density at radius 3 is 2.47 bits per heavy atom. The summed E-state index contributed by atoms with van der Waals surface area (Å²) in [6.45, 7) is 4.14. The van der Waals surface area contributed by atoms with Crippen LogP contribution in [0.25, 0.3) is 38.6 Å². The Morgan fingerprint density at radius 1 is 0.724 bits per heavy atom. The van der Waals surface area contributed by atoms with E-state index in [1.54, 1.807) is 0 Å². The molecule has 1 fully saturated rings. The zero-order valence-electron chi connectivity index (χ0n) is 32.3. The van der Waals surface area contributed by atoms with E-state index in [1.165, 1.54) is 61.7 Å². The molecular formula is C54H42N2O2. The van der Waals surface area contributed by atoms with Crippen LogP contribution in [0.15, 0.2) is 220 Å². The third kappa shape index (κ3) is 5.21. The summed E-state index contributed by atoms with van der Waals surface area (Å²) in [5.74, 6) is 1.000. The molecule has 4 aliphatic carbocycles. The lowest BCUT2D eigenvalue weighted by Crippen LogP contribution is -2.37. The highest BCUT2D eigenvalue weighted by Gasteiger charge is 2.45. The van der Waals surface area contributed by atoms with Crippen LogP contribution in [0.1, 0.15) is 37.7 Å². The highest BCUT2D eigenvalue weighted by atomic mass is 16.5. The number of benzene rings is 4. The summed E-state index contributed by atoms with van der Waals surface area (Å²) in [5, 5.41) is 2.30. The zero-order valence-corrected chi connectivity index (χ0v) is 32.3. The fraction of sp³-hybridized carbons (Fsp3) is 0.148. The quantitative estimate of drug-likeness (QED) is 0.173. The lowest BCUT2D eigenvalue weighted by molar-refractivity contribution is 0.275. The summed E-state index contributed by atoms with van der Waals surface area (Å²) in [7, 11) is 0. The van der Waals surface area contributed by atoms with Gasteiger partial charge in [0.05, 0.1) is 12.1 Å². The minimum absolute atomic E-state index is 0.0870. The van der Waals surface area contributed by atoms with Crippen molar-refractivity contribution < 1.29 is 9.15 Å². The van der Waals surface area contributed by atoms with Crippen LogP contribution in [0.3, 0.4) is 0 Å². The summed E-state index contributed by atoms with van der Waals surface area (Å²) in [6, 6.07) is 33.1. The van der Waals surface area contributed by atoms with Gasteiger partial charge in [0.25, 0.3) is 0 Å². The van der Waals surface area contributed by atoms with Crippen LogP contribution >= 0.6 is 0 Å². The molecule has 0 N–H and O–H groups in total. The molecule has 4 heterocycles. The van der Waals surface area contributed by atoms with E-state index in [4.69, 9.17) is 9.15 Å². The van der Waals surface area contributed by atoms with Gasteiger partial charge in [-0.1, -0.05) is 116 Å². The van der Waals surface area contributed by atoms with Crippen LogP contribution in [0.2, 0.25) is 0 Å². The van der Waals surface area contributed by atoms with Crippen molar-refractivity contribution in [2.45, 2.75) is 50.3 Å². The number of allylic oxidation sites excluding steroid dienone is 12. The number of ether oxygens (including phenoxy) is 1. The van der Waals surface area contributed by atoms with E-state index in [1.807, 2.05) is 18.2 Å². The summed E-state index contributed by atoms with van der Waals surface area (Å²) in [5.41, 5.74) is 18.6. The SMILES string of the molecule is C=C/C=C1/C2=CC(N(C3=CC=C(C4=CC=C5c6ccccc6OC5C4)CC3)c3ccc(-c4ccc5c(c4)oc4ccccc45)cc3)=CCC2N2C1=CC1=CC=CCC12. The maximum atomic E-state index is 6.42. The van der Waals surface area contributed by atoms with Crippen LogP contribution in [0, 0.1) is 0 Å². The second kappa shape index (κ2) is 13.1. The second-order valence-electron chi connectivity index (χ2n) is 16.2. The first-order valence-electron chi connectivity index (χ1n) is 20.7. The van der Waals surface area contributed by atoms with Gasteiger partial charge in [0.1, 0.15) is 23.0 Å². The lowest BCUT2D eigenvalue weighted by Gasteiger charge is -2.36. The molecule has 0 bridgehead atoms. The molecule has 58 heavy (non-hydrogen) atoms. The summed E-state index contributed by atoms with van der Waals surface area (Å²) < 4.78 is 12.7. The Hall–Kier alpha value is -6.78. The number of nitrogens with zero attached hydrogens (tertiary/aromatic N) is 2. The van der Waals surface area contributed by atoms with E-state index in [2.05, 4.69) is 162 Å². The average Bonchev–Trinajstić information content (AvgIpc) is 4.03. The number of hydrogen-bond acceptors (Lipinski definition) is 4. The predicted octanol–water partition coefficient (Wildman–Crippen LogP) is 13.0. The maximum Gasteiger partial charge on any atom is 0.136 e. The molecule has 1 aromatic heterocycles. The molecule has 4 heteroatoms. The van der Waals surface area contributed by atoms with Gasteiger partial charge >= 0.3 is 0 Å². The highest BCUT2D eigenvalue weighted by molar-refractivity contribution is 6.05. The second-order valence-corrected chi connectivity index (χ2v) is 16.2. The van der Waals surface area contributed by atoms with Gasteiger partial charge in [-0.15, -0.1) is 0 Å². The molecule has 12 rings (SSSR count). The maximum absolute atomic E-state index is 6.42. The Balaban J connectivity index is 0.907. The van der Waals surface area contributed by atoms with Gasteiger partial charge in [-0.25, -0.2) is 0 Å². The van der Waals surface area contributed by atoms with Gasteiger partial charge in [0, 0.05) is 56.7 Å². The number of para-hydroxylation sites is 2. The molecule has 280 valence electrons. The third-order valence-corrected chi connectivity index (χ3v) is 13.1. The molecule has 0 amide bonds.